The Morgan fingerprint density at radius 3 is 2.35 bits per heavy atom. The molecule has 0 atom stereocenters. The van der Waals surface area contributed by atoms with Crippen LogP contribution < -0.4 is 0 Å². The molecule has 23 heavy (non-hydrogen) atoms. The molecule has 128 valence electrons. The van der Waals surface area contributed by atoms with Crippen LogP contribution >= 0.6 is 0 Å². The van der Waals surface area contributed by atoms with Crippen molar-refractivity contribution in [2.24, 2.45) is 0 Å². The third kappa shape index (κ3) is 4.42. The summed E-state index contributed by atoms with van der Waals surface area (Å²) in [5.41, 5.74) is 0.275. The molecule has 1 aliphatic rings. The SMILES string of the molecule is Cc1ccnc(S(=O)(=O)N2CCN(C(=O)OC(C)(C)C)CC2)c1. The van der Waals surface area contributed by atoms with E-state index < -0.39 is 21.7 Å². The minimum atomic E-state index is -3.63. The van der Waals surface area contributed by atoms with E-state index in [1.165, 1.54) is 15.4 Å². The molecule has 0 aliphatic carbocycles. The summed E-state index contributed by atoms with van der Waals surface area (Å²) in [6, 6.07) is 3.30. The first kappa shape index (κ1) is 17.7. The smallest absolute Gasteiger partial charge is 0.410 e. The van der Waals surface area contributed by atoms with Crippen LogP contribution in [0.15, 0.2) is 23.4 Å². The highest BCUT2D eigenvalue weighted by atomic mass is 32.2. The van der Waals surface area contributed by atoms with Crippen LogP contribution in [0.3, 0.4) is 0 Å². The molecule has 0 saturated carbocycles. The van der Waals surface area contributed by atoms with E-state index in [-0.39, 0.29) is 18.1 Å². The minimum absolute atomic E-state index is 0.0446. The zero-order valence-electron chi connectivity index (χ0n) is 13.9. The third-order valence-electron chi connectivity index (χ3n) is 3.38. The van der Waals surface area contributed by atoms with E-state index >= 15 is 0 Å². The Balaban J connectivity index is 2.03. The van der Waals surface area contributed by atoms with Gasteiger partial charge in [0.05, 0.1) is 0 Å². The molecule has 1 aliphatic heterocycles. The Morgan fingerprint density at radius 2 is 1.83 bits per heavy atom. The quantitative estimate of drug-likeness (QED) is 0.817. The van der Waals surface area contributed by atoms with Crippen molar-refractivity contribution >= 4 is 16.1 Å². The standard InChI is InChI=1S/C15H23N3O4S/c1-12-5-6-16-13(11-12)23(20,21)18-9-7-17(8-10-18)14(19)22-15(2,3)4/h5-6,11H,7-10H2,1-4H3. The Bertz CT molecular complexity index is 674. The van der Waals surface area contributed by atoms with Crippen LogP contribution in [0.4, 0.5) is 4.79 Å². The Hall–Kier alpha value is -1.67. The molecule has 0 spiro atoms. The zero-order valence-corrected chi connectivity index (χ0v) is 14.8. The highest BCUT2D eigenvalue weighted by molar-refractivity contribution is 7.89. The number of pyridine rings is 1. The number of hydrogen-bond acceptors (Lipinski definition) is 5. The monoisotopic (exact) mass is 341 g/mol. The Labute approximate surface area is 137 Å². The van der Waals surface area contributed by atoms with E-state index in [0.717, 1.165) is 5.56 Å². The van der Waals surface area contributed by atoms with Crippen molar-refractivity contribution < 1.29 is 17.9 Å². The van der Waals surface area contributed by atoms with Gasteiger partial charge in [0.25, 0.3) is 10.0 Å². The van der Waals surface area contributed by atoms with Crippen molar-refractivity contribution in [3.63, 3.8) is 0 Å². The molecule has 7 nitrogen and oxygen atoms in total. The number of ether oxygens (including phenoxy) is 1. The number of hydrogen-bond donors (Lipinski definition) is 0. The average molecular weight is 341 g/mol. The predicted molar refractivity (Wildman–Crippen MR) is 85.5 cm³/mol. The maximum Gasteiger partial charge on any atom is 0.410 e. The number of aromatic nitrogens is 1. The maximum absolute atomic E-state index is 12.6. The third-order valence-corrected chi connectivity index (χ3v) is 5.18. The summed E-state index contributed by atoms with van der Waals surface area (Å²) >= 11 is 0. The molecule has 2 rings (SSSR count). The lowest BCUT2D eigenvalue weighted by Gasteiger charge is -2.34. The summed E-state index contributed by atoms with van der Waals surface area (Å²) in [6.07, 6.45) is 1.07. The molecule has 8 heteroatoms. The fourth-order valence-electron chi connectivity index (χ4n) is 2.22. The van der Waals surface area contributed by atoms with Crippen LogP contribution in [-0.4, -0.2) is 60.5 Å². The fraction of sp³-hybridized carbons (Fsp3) is 0.600. The average Bonchev–Trinajstić information content (AvgIpc) is 2.45. The minimum Gasteiger partial charge on any atom is -0.444 e. The summed E-state index contributed by atoms with van der Waals surface area (Å²) in [4.78, 5) is 17.5. The van der Waals surface area contributed by atoms with E-state index in [1.807, 2.05) is 6.92 Å². The maximum atomic E-state index is 12.6. The van der Waals surface area contributed by atoms with Crippen molar-refractivity contribution in [1.29, 1.82) is 0 Å². The number of piperazine rings is 1. The molecular formula is C15H23N3O4S. The highest BCUT2D eigenvalue weighted by Crippen LogP contribution is 2.18. The van der Waals surface area contributed by atoms with Gasteiger partial charge in [-0.25, -0.2) is 18.2 Å². The summed E-state index contributed by atoms with van der Waals surface area (Å²) < 4.78 is 31.8. The number of carbonyl (C=O) groups excluding carboxylic acids is 1. The van der Waals surface area contributed by atoms with Gasteiger partial charge < -0.3 is 9.64 Å². The molecule has 1 amide bonds. The topological polar surface area (TPSA) is 79.8 Å². The van der Waals surface area contributed by atoms with Gasteiger partial charge in [0.15, 0.2) is 5.03 Å². The van der Waals surface area contributed by atoms with Gasteiger partial charge in [0, 0.05) is 32.4 Å². The van der Waals surface area contributed by atoms with Crippen LogP contribution in [0.1, 0.15) is 26.3 Å². The van der Waals surface area contributed by atoms with Crippen LogP contribution in [0.25, 0.3) is 0 Å². The van der Waals surface area contributed by atoms with E-state index in [9.17, 15) is 13.2 Å². The lowest BCUT2D eigenvalue weighted by molar-refractivity contribution is 0.0192. The number of rotatable bonds is 2. The molecule has 1 aromatic rings. The molecular weight excluding hydrogens is 318 g/mol. The van der Waals surface area contributed by atoms with E-state index in [4.69, 9.17) is 4.74 Å². The first-order valence-electron chi connectivity index (χ1n) is 7.50. The van der Waals surface area contributed by atoms with E-state index in [1.54, 1.807) is 32.9 Å². The molecule has 1 fully saturated rings. The summed E-state index contributed by atoms with van der Waals surface area (Å²) in [7, 11) is -3.63. The molecule has 0 bridgehead atoms. The molecule has 2 heterocycles. The second-order valence-corrected chi connectivity index (χ2v) is 8.43. The molecule has 0 N–H and O–H groups in total. The number of amides is 1. The molecule has 1 saturated heterocycles. The first-order valence-corrected chi connectivity index (χ1v) is 8.94. The second-order valence-electron chi connectivity index (χ2n) is 6.54. The summed E-state index contributed by atoms with van der Waals surface area (Å²) in [6.45, 7) is 8.30. The van der Waals surface area contributed by atoms with Crippen molar-refractivity contribution in [1.82, 2.24) is 14.2 Å². The van der Waals surface area contributed by atoms with Crippen molar-refractivity contribution in [2.75, 3.05) is 26.2 Å². The number of aryl methyl sites for hydroxylation is 1. The van der Waals surface area contributed by atoms with Crippen LogP contribution in [0.2, 0.25) is 0 Å². The van der Waals surface area contributed by atoms with Gasteiger partial charge in [-0.2, -0.15) is 4.31 Å². The predicted octanol–water partition coefficient (Wildman–Crippen LogP) is 1.63. The van der Waals surface area contributed by atoms with Crippen molar-refractivity contribution in [3.8, 4) is 0 Å². The largest absolute Gasteiger partial charge is 0.444 e. The molecule has 0 unspecified atom stereocenters. The van der Waals surface area contributed by atoms with Crippen LogP contribution in [0, 0.1) is 6.92 Å². The Morgan fingerprint density at radius 1 is 1.22 bits per heavy atom. The van der Waals surface area contributed by atoms with Crippen LogP contribution in [-0.2, 0) is 14.8 Å². The van der Waals surface area contributed by atoms with Gasteiger partial charge in [-0.05, 0) is 45.4 Å². The van der Waals surface area contributed by atoms with Gasteiger partial charge in [-0.1, -0.05) is 0 Å². The fourth-order valence-corrected chi connectivity index (χ4v) is 3.66. The summed E-state index contributed by atoms with van der Waals surface area (Å²) in [5, 5.41) is 0.0446. The van der Waals surface area contributed by atoms with Crippen LogP contribution in [0.5, 0.6) is 0 Å². The molecule has 0 radical (unpaired) electrons. The Kier molecular flexibility index (Phi) is 4.95. The van der Waals surface area contributed by atoms with Gasteiger partial charge in [-0.3, -0.25) is 0 Å². The van der Waals surface area contributed by atoms with Gasteiger partial charge >= 0.3 is 6.09 Å². The van der Waals surface area contributed by atoms with Gasteiger partial charge in [0.2, 0.25) is 0 Å². The molecule has 1 aromatic heterocycles. The number of sulfonamides is 1. The highest BCUT2D eigenvalue weighted by Gasteiger charge is 2.32. The summed E-state index contributed by atoms with van der Waals surface area (Å²) in [5.74, 6) is 0. The van der Waals surface area contributed by atoms with E-state index in [0.29, 0.717) is 13.1 Å². The van der Waals surface area contributed by atoms with Crippen molar-refractivity contribution in [3.05, 3.63) is 23.9 Å². The zero-order chi connectivity index (χ0) is 17.3. The van der Waals surface area contributed by atoms with Crippen molar-refractivity contribution in [2.45, 2.75) is 38.3 Å². The number of nitrogens with zero attached hydrogens (tertiary/aromatic N) is 3. The van der Waals surface area contributed by atoms with Gasteiger partial charge in [0.1, 0.15) is 5.60 Å². The number of carbonyl (C=O) groups is 1. The normalized spacial score (nSPS) is 17.1. The first-order chi connectivity index (χ1) is 10.6. The van der Waals surface area contributed by atoms with Gasteiger partial charge in [-0.15, -0.1) is 0 Å². The molecule has 0 aromatic carbocycles. The van der Waals surface area contributed by atoms with E-state index in [2.05, 4.69) is 4.98 Å². The lowest BCUT2D eigenvalue weighted by Crippen LogP contribution is -2.51. The lowest BCUT2D eigenvalue weighted by atomic mass is 10.2. The second kappa shape index (κ2) is 6.45.